The highest BCUT2D eigenvalue weighted by Gasteiger charge is 2.52. The van der Waals surface area contributed by atoms with E-state index in [-0.39, 0.29) is 5.41 Å². The Balaban J connectivity index is 2.08. The van der Waals surface area contributed by atoms with E-state index in [1.54, 1.807) is 11.3 Å². The number of hydrogen-bond donors (Lipinski definition) is 2. The Kier molecular flexibility index (Phi) is 4.56. The first-order chi connectivity index (χ1) is 12.1. The summed E-state index contributed by atoms with van der Waals surface area (Å²) in [5, 5.41) is 3.55. The lowest BCUT2D eigenvalue weighted by Crippen LogP contribution is -2.55. The number of carbonyl (C=O) groups is 2. The van der Waals surface area contributed by atoms with Crippen molar-refractivity contribution in [3.8, 4) is 10.6 Å². The van der Waals surface area contributed by atoms with E-state index in [0.29, 0.717) is 24.4 Å². The molecule has 9 heteroatoms. The zero-order valence-corrected chi connectivity index (χ0v) is 17.0. The number of rotatable bonds is 3. The van der Waals surface area contributed by atoms with Crippen molar-refractivity contribution in [1.82, 2.24) is 14.9 Å². The van der Waals surface area contributed by atoms with Gasteiger partial charge in [-0.1, -0.05) is 20.8 Å². The van der Waals surface area contributed by atoms with Crippen LogP contribution in [0.1, 0.15) is 49.3 Å². The van der Waals surface area contributed by atoms with Crippen LogP contribution in [0.5, 0.6) is 0 Å². The molecule has 1 atom stereocenters. The van der Waals surface area contributed by atoms with Gasteiger partial charge in [-0.25, -0.2) is 14.8 Å². The van der Waals surface area contributed by atoms with Gasteiger partial charge in [-0.15, -0.1) is 22.7 Å². The third-order valence-corrected chi connectivity index (χ3v) is 7.18. The van der Waals surface area contributed by atoms with E-state index in [2.05, 4.69) is 25.8 Å². The molecule has 1 aliphatic heterocycles. The highest BCUT2D eigenvalue weighted by molar-refractivity contribution is 7.16. The smallest absolute Gasteiger partial charge is 0.316 e. The first-order valence-electron chi connectivity index (χ1n) is 8.38. The lowest BCUT2D eigenvalue weighted by Gasteiger charge is -2.32. The molecule has 0 bridgehead atoms. The quantitative estimate of drug-likeness (QED) is 0.834. The fraction of sp³-hybridized carbons (Fsp3) is 0.529. The first kappa shape index (κ1) is 18.8. The lowest BCUT2D eigenvalue weighted by molar-refractivity contribution is -0.127. The van der Waals surface area contributed by atoms with Crippen LogP contribution in [0.15, 0.2) is 5.38 Å². The molecule has 1 unspecified atom stereocenters. The van der Waals surface area contributed by atoms with Crippen LogP contribution in [0.4, 0.5) is 4.79 Å². The zero-order chi connectivity index (χ0) is 19.3. The molecule has 2 aromatic rings. The molecule has 0 radical (unpaired) electrons. The van der Waals surface area contributed by atoms with Gasteiger partial charge in [0.2, 0.25) is 0 Å². The number of aromatic nitrogens is 2. The summed E-state index contributed by atoms with van der Waals surface area (Å²) >= 11 is 2.97. The molecule has 0 spiro atoms. The van der Waals surface area contributed by atoms with Crippen molar-refractivity contribution >= 4 is 34.6 Å². The molecule has 0 saturated carbocycles. The predicted octanol–water partition coefficient (Wildman–Crippen LogP) is 2.73. The Hall–Kier alpha value is -2.00. The van der Waals surface area contributed by atoms with Crippen molar-refractivity contribution < 1.29 is 9.59 Å². The molecule has 3 rings (SSSR count). The number of amides is 3. The van der Waals surface area contributed by atoms with Crippen LogP contribution >= 0.6 is 22.7 Å². The summed E-state index contributed by atoms with van der Waals surface area (Å²) in [4.78, 5) is 35.8. The fourth-order valence-electron chi connectivity index (χ4n) is 3.23. The second-order valence-electron chi connectivity index (χ2n) is 7.54. The first-order valence-corrected chi connectivity index (χ1v) is 10.1. The van der Waals surface area contributed by atoms with E-state index in [1.165, 1.54) is 16.2 Å². The van der Waals surface area contributed by atoms with E-state index in [0.717, 1.165) is 21.3 Å². The number of thiazole rings is 2. The normalized spacial score (nSPS) is 20.5. The molecule has 0 aliphatic carbocycles. The summed E-state index contributed by atoms with van der Waals surface area (Å²) in [7, 11) is 0. The van der Waals surface area contributed by atoms with Crippen molar-refractivity contribution in [2.75, 3.05) is 6.54 Å². The largest absolute Gasteiger partial charge is 0.367 e. The Morgan fingerprint density at radius 2 is 1.96 bits per heavy atom. The molecule has 4 N–H and O–H groups in total. The molecular weight excluding hydrogens is 370 g/mol. The molecule has 3 amide bonds. The molecule has 1 aliphatic rings. The van der Waals surface area contributed by atoms with Crippen LogP contribution in [0.25, 0.3) is 10.6 Å². The Bertz CT molecular complexity index is 867. The molecule has 0 aromatic carbocycles. The summed E-state index contributed by atoms with van der Waals surface area (Å²) in [5.74, 6) is -0.595. The summed E-state index contributed by atoms with van der Waals surface area (Å²) in [6.07, 6.45) is 1.09. The van der Waals surface area contributed by atoms with Crippen LogP contribution < -0.4 is 11.5 Å². The van der Waals surface area contributed by atoms with Crippen molar-refractivity contribution in [2.45, 2.75) is 51.5 Å². The SMILES string of the molecule is Cc1nc(C2(C(N)=O)CCCN2C(N)=O)sc1-c1csc(C(C)(C)C)n1. The minimum absolute atomic E-state index is 0.0347. The number of carbonyl (C=O) groups excluding carboxylic acids is 2. The Morgan fingerprint density at radius 1 is 1.27 bits per heavy atom. The number of primary amides is 2. The van der Waals surface area contributed by atoms with Gasteiger partial charge in [0.15, 0.2) is 5.54 Å². The van der Waals surface area contributed by atoms with E-state index < -0.39 is 17.5 Å². The molecule has 140 valence electrons. The van der Waals surface area contributed by atoms with Gasteiger partial charge in [-0.3, -0.25) is 4.79 Å². The van der Waals surface area contributed by atoms with E-state index in [1.807, 2.05) is 12.3 Å². The maximum atomic E-state index is 12.4. The van der Waals surface area contributed by atoms with Gasteiger partial charge in [0.05, 0.1) is 21.3 Å². The molecule has 1 fully saturated rings. The summed E-state index contributed by atoms with van der Waals surface area (Å²) in [5.41, 5.74) is 11.5. The van der Waals surface area contributed by atoms with Crippen LogP contribution in [-0.4, -0.2) is 33.4 Å². The van der Waals surface area contributed by atoms with Gasteiger partial charge in [0.25, 0.3) is 5.91 Å². The van der Waals surface area contributed by atoms with Gasteiger partial charge in [0, 0.05) is 17.3 Å². The molecule has 3 heterocycles. The number of aryl methyl sites for hydroxylation is 1. The summed E-state index contributed by atoms with van der Waals surface area (Å²) in [6, 6.07) is -0.653. The van der Waals surface area contributed by atoms with Gasteiger partial charge in [-0.05, 0) is 19.8 Å². The molecule has 26 heavy (non-hydrogen) atoms. The van der Waals surface area contributed by atoms with Gasteiger partial charge >= 0.3 is 6.03 Å². The zero-order valence-electron chi connectivity index (χ0n) is 15.3. The van der Waals surface area contributed by atoms with Gasteiger partial charge in [0.1, 0.15) is 5.01 Å². The van der Waals surface area contributed by atoms with Crippen LogP contribution in [0.2, 0.25) is 0 Å². The lowest BCUT2D eigenvalue weighted by atomic mass is 9.96. The molecular formula is C17H23N5O2S2. The number of urea groups is 1. The second kappa shape index (κ2) is 6.31. The average molecular weight is 394 g/mol. The predicted molar refractivity (Wildman–Crippen MR) is 103 cm³/mol. The highest BCUT2D eigenvalue weighted by atomic mass is 32.1. The number of likely N-dealkylation sites (tertiary alicyclic amines) is 1. The fourth-order valence-corrected chi connectivity index (χ4v) is 5.47. The van der Waals surface area contributed by atoms with E-state index in [9.17, 15) is 9.59 Å². The van der Waals surface area contributed by atoms with Crippen molar-refractivity contribution in [1.29, 1.82) is 0 Å². The second-order valence-corrected chi connectivity index (χ2v) is 9.40. The minimum atomic E-state index is -1.26. The maximum absolute atomic E-state index is 12.4. The Labute approximate surface area is 160 Å². The van der Waals surface area contributed by atoms with Crippen molar-refractivity contribution in [3.63, 3.8) is 0 Å². The summed E-state index contributed by atoms with van der Waals surface area (Å²) < 4.78 is 0. The van der Waals surface area contributed by atoms with Crippen LogP contribution in [0, 0.1) is 6.92 Å². The summed E-state index contributed by atoms with van der Waals surface area (Å²) in [6.45, 7) is 8.63. The number of nitrogens with two attached hydrogens (primary N) is 2. The van der Waals surface area contributed by atoms with Crippen LogP contribution in [0.3, 0.4) is 0 Å². The highest BCUT2D eigenvalue weighted by Crippen LogP contribution is 2.44. The average Bonchev–Trinajstić information content (AvgIpc) is 3.23. The molecule has 2 aromatic heterocycles. The third-order valence-electron chi connectivity index (χ3n) is 4.58. The van der Waals surface area contributed by atoms with Crippen LogP contribution in [-0.2, 0) is 15.7 Å². The third kappa shape index (κ3) is 2.88. The maximum Gasteiger partial charge on any atom is 0.316 e. The topological polar surface area (TPSA) is 115 Å². The minimum Gasteiger partial charge on any atom is -0.367 e. The number of hydrogen-bond acceptors (Lipinski definition) is 6. The Morgan fingerprint density at radius 3 is 2.50 bits per heavy atom. The van der Waals surface area contributed by atoms with E-state index in [4.69, 9.17) is 16.5 Å². The molecule has 7 nitrogen and oxygen atoms in total. The van der Waals surface area contributed by atoms with Gasteiger partial charge in [-0.2, -0.15) is 0 Å². The van der Waals surface area contributed by atoms with Crippen molar-refractivity contribution in [2.24, 2.45) is 11.5 Å². The van der Waals surface area contributed by atoms with Gasteiger partial charge < -0.3 is 16.4 Å². The monoisotopic (exact) mass is 393 g/mol. The number of nitrogens with zero attached hydrogens (tertiary/aromatic N) is 3. The van der Waals surface area contributed by atoms with Crippen molar-refractivity contribution in [3.05, 3.63) is 21.1 Å². The standard InChI is InChI=1S/C17H23N5O2S2/c1-9-11(10-8-25-13(21-10)16(2,3)4)26-14(20-9)17(12(18)23)6-5-7-22(17)15(19)24/h8H,5-7H2,1-4H3,(H2,18,23)(H2,19,24). The van der Waals surface area contributed by atoms with E-state index >= 15 is 0 Å². The molecule has 1 saturated heterocycles.